The maximum absolute atomic E-state index is 13.9. The number of hydrogen-bond acceptors (Lipinski definition) is 3. The van der Waals surface area contributed by atoms with E-state index in [1.807, 2.05) is 37.3 Å². The molecule has 2 aromatic carbocycles. The quantitative estimate of drug-likeness (QED) is 0.659. The minimum Gasteiger partial charge on any atom is -0.352 e. The molecule has 0 bridgehead atoms. The van der Waals surface area contributed by atoms with Crippen LogP contribution < -0.4 is 10.0 Å². The summed E-state index contributed by atoms with van der Waals surface area (Å²) in [7, 11) is -3.83. The Bertz CT molecular complexity index is 839. The molecule has 2 aromatic rings. The number of unbranched alkanes of at least 4 members (excludes halogenated alkanes) is 1. The highest BCUT2D eigenvalue weighted by molar-refractivity contribution is 7.89. The summed E-state index contributed by atoms with van der Waals surface area (Å²) in [5.74, 6) is -1.36. The Morgan fingerprint density at radius 3 is 2.50 bits per heavy atom. The molecular weight excluding hydrogens is 355 g/mol. The molecule has 0 saturated heterocycles. The topological polar surface area (TPSA) is 75.3 Å². The highest BCUT2D eigenvalue weighted by Crippen LogP contribution is 2.15. The summed E-state index contributed by atoms with van der Waals surface area (Å²) in [4.78, 5) is 11.9. The van der Waals surface area contributed by atoms with Gasteiger partial charge in [0.25, 0.3) is 5.91 Å². The first-order valence-electron chi connectivity index (χ1n) is 8.55. The molecule has 0 heterocycles. The van der Waals surface area contributed by atoms with Crippen molar-refractivity contribution in [1.29, 1.82) is 0 Å². The second kappa shape index (κ2) is 9.45. The molecule has 0 saturated carbocycles. The molecule has 140 valence electrons. The predicted octanol–water partition coefficient (Wildman–Crippen LogP) is 2.88. The van der Waals surface area contributed by atoms with Crippen LogP contribution in [-0.4, -0.2) is 27.4 Å². The minimum absolute atomic E-state index is 0.132. The van der Waals surface area contributed by atoms with Crippen molar-refractivity contribution >= 4 is 15.9 Å². The van der Waals surface area contributed by atoms with E-state index in [1.165, 1.54) is 0 Å². The van der Waals surface area contributed by atoms with Gasteiger partial charge in [-0.1, -0.05) is 43.7 Å². The number of sulfonamides is 1. The van der Waals surface area contributed by atoms with E-state index in [0.717, 1.165) is 36.6 Å². The lowest BCUT2D eigenvalue weighted by molar-refractivity contribution is 0.0949. The van der Waals surface area contributed by atoms with Crippen LogP contribution in [0.3, 0.4) is 0 Å². The van der Waals surface area contributed by atoms with Crippen molar-refractivity contribution in [3.63, 3.8) is 0 Å². The highest BCUT2D eigenvalue weighted by atomic mass is 32.2. The molecule has 1 amide bonds. The van der Waals surface area contributed by atoms with Gasteiger partial charge in [0.05, 0.1) is 10.5 Å². The molecular formula is C19H23FN2O3S. The number of rotatable bonds is 9. The summed E-state index contributed by atoms with van der Waals surface area (Å²) < 4.78 is 41.2. The lowest BCUT2D eigenvalue weighted by Crippen LogP contribution is -2.28. The molecule has 0 aliphatic carbocycles. The number of halogens is 1. The molecule has 0 atom stereocenters. The summed E-state index contributed by atoms with van der Waals surface area (Å²) in [6, 6.07) is 12.7. The minimum atomic E-state index is -3.83. The van der Waals surface area contributed by atoms with Crippen LogP contribution in [0.1, 0.15) is 35.7 Å². The predicted molar refractivity (Wildman–Crippen MR) is 99.0 cm³/mol. The molecule has 5 nitrogen and oxygen atoms in total. The SMILES string of the molecule is CCCCNC(=O)c1cc(S(=O)(=O)NCCc2ccccc2)ccc1F. The number of nitrogens with one attached hydrogen (secondary N) is 2. The van der Waals surface area contributed by atoms with E-state index in [1.54, 1.807) is 0 Å². The number of carbonyl (C=O) groups is 1. The summed E-state index contributed by atoms with van der Waals surface area (Å²) in [5, 5.41) is 2.59. The van der Waals surface area contributed by atoms with Crippen molar-refractivity contribution in [2.24, 2.45) is 0 Å². The fraction of sp³-hybridized carbons (Fsp3) is 0.316. The Morgan fingerprint density at radius 2 is 1.81 bits per heavy atom. The van der Waals surface area contributed by atoms with Gasteiger partial charge in [0.15, 0.2) is 0 Å². The van der Waals surface area contributed by atoms with Crippen molar-refractivity contribution in [3.8, 4) is 0 Å². The van der Waals surface area contributed by atoms with Crippen molar-refractivity contribution in [1.82, 2.24) is 10.0 Å². The molecule has 0 aromatic heterocycles. The molecule has 0 spiro atoms. The number of hydrogen-bond donors (Lipinski definition) is 2. The van der Waals surface area contributed by atoms with Crippen LogP contribution in [0.25, 0.3) is 0 Å². The molecule has 0 unspecified atom stereocenters. The normalized spacial score (nSPS) is 11.3. The van der Waals surface area contributed by atoms with Crippen LogP contribution in [0.5, 0.6) is 0 Å². The summed E-state index contributed by atoms with van der Waals surface area (Å²) in [6.07, 6.45) is 2.19. The second-order valence-electron chi connectivity index (χ2n) is 5.88. The van der Waals surface area contributed by atoms with Crippen LogP contribution in [0.4, 0.5) is 4.39 Å². The Hall–Kier alpha value is -2.25. The van der Waals surface area contributed by atoms with E-state index in [9.17, 15) is 17.6 Å². The smallest absolute Gasteiger partial charge is 0.254 e. The van der Waals surface area contributed by atoms with E-state index >= 15 is 0 Å². The van der Waals surface area contributed by atoms with Gasteiger partial charge >= 0.3 is 0 Å². The highest BCUT2D eigenvalue weighted by Gasteiger charge is 2.19. The third-order valence-electron chi connectivity index (χ3n) is 3.86. The zero-order valence-electron chi connectivity index (χ0n) is 14.7. The van der Waals surface area contributed by atoms with Crippen LogP contribution in [0.15, 0.2) is 53.4 Å². The molecule has 2 rings (SSSR count). The van der Waals surface area contributed by atoms with Crippen molar-refractivity contribution in [3.05, 3.63) is 65.5 Å². The lowest BCUT2D eigenvalue weighted by atomic mass is 10.2. The first-order valence-corrected chi connectivity index (χ1v) is 10.0. The molecule has 7 heteroatoms. The molecule has 0 aliphatic heterocycles. The lowest BCUT2D eigenvalue weighted by Gasteiger charge is -2.10. The molecule has 0 radical (unpaired) electrons. The van der Waals surface area contributed by atoms with Crippen molar-refractivity contribution in [2.75, 3.05) is 13.1 Å². The molecule has 26 heavy (non-hydrogen) atoms. The van der Waals surface area contributed by atoms with Gasteiger partial charge in [-0.2, -0.15) is 0 Å². The Labute approximate surface area is 153 Å². The number of amides is 1. The van der Waals surface area contributed by atoms with Gasteiger partial charge in [-0.3, -0.25) is 4.79 Å². The average Bonchev–Trinajstić information content (AvgIpc) is 2.62. The first kappa shape index (κ1) is 20.1. The van der Waals surface area contributed by atoms with Crippen LogP contribution >= 0.6 is 0 Å². The van der Waals surface area contributed by atoms with Gasteiger partial charge in [0, 0.05) is 13.1 Å². The van der Waals surface area contributed by atoms with Crippen LogP contribution in [-0.2, 0) is 16.4 Å². The van der Waals surface area contributed by atoms with Crippen molar-refractivity contribution in [2.45, 2.75) is 31.1 Å². The first-order chi connectivity index (χ1) is 12.4. The molecule has 0 aliphatic rings. The third-order valence-corrected chi connectivity index (χ3v) is 5.32. The standard InChI is InChI=1S/C19H23FN2O3S/c1-2-3-12-21-19(23)17-14-16(9-10-18(17)20)26(24,25)22-13-11-15-7-5-4-6-8-15/h4-10,14,22H,2-3,11-13H2,1H3,(H,21,23). The van der Waals surface area contributed by atoms with E-state index in [0.29, 0.717) is 13.0 Å². The average molecular weight is 378 g/mol. The fourth-order valence-electron chi connectivity index (χ4n) is 2.38. The largest absolute Gasteiger partial charge is 0.352 e. The Kier molecular flexibility index (Phi) is 7.29. The number of benzene rings is 2. The van der Waals surface area contributed by atoms with E-state index in [4.69, 9.17) is 0 Å². The van der Waals surface area contributed by atoms with Gasteiger partial charge in [0.2, 0.25) is 10.0 Å². The summed E-state index contributed by atoms with van der Waals surface area (Å²) in [5.41, 5.74) is 0.734. The molecule has 2 N–H and O–H groups in total. The zero-order valence-corrected chi connectivity index (χ0v) is 15.5. The summed E-state index contributed by atoms with van der Waals surface area (Å²) >= 11 is 0. The number of carbonyl (C=O) groups excluding carboxylic acids is 1. The van der Waals surface area contributed by atoms with E-state index in [-0.39, 0.29) is 17.0 Å². The van der Waals surface area contributed by atoms with Gasteiger partial charge in [-0.15, -0.1) is 0 Å². The van der Waals surface area contributed by atoms with Crippen molar-refractivity contribution < 1.29 is 17.6 Å². The van der Waals surface area contributed by atoms with Gasteiger partial charge in [0.1, 0.15) is 5.82 Å². The molecule has 0 fully saturated rings. The zero-order chi connectivity index (χ0) is 19.0. The summed E-state index contributed by atoms with van der Waals surface area (Å²) in [6.45, 7) is 2.60. The Balaban J connectivity index is 2.06. The third kappa shape index (κ3) is 5.64. The Morgan fingerprint density at radius 1 is 1.08 bits per heavy atom. The van der Waals surface area contributed by atoms with Gasteiger partial charge in [-0.05, 0) is 36.6 Å². The van der Waals surface area contributed by atoms with Gasteiger partial charge < -0.3 is 5.32 Å². The van der Waals surface area contributed by atoms with Crippen LogP contribution in [0, 0.1) is 5.82 Å². The second-order valence-corrected chi connectivity index (χ2v) is 7.65. The maximum atomic E-state index is 13.9. The fourth-order valence-corrected chi connectivity index (χ4v) is 3.43. The monoisotopic (exact) mass is 378 g/mol. The van der Waals surface area contributed by atoms with Crippen LogP contribution in [0.2, 0.25) is 0 Å². The maximum Gasteiger partial charge on any atom is 0.254 e. The van der Waals surface area contributed by atoms with Gasteiger partial charge in [-0.25, -0.2) is 17.5 Å². The van der Waals surface area contributed by atoms with E-state index < -0.39 is 21.7 Å². The van der Waals surface area contributed by atoms with E-state index in [2.05, 4.69) is 10.0 Å².